The minimum absolute atomic E-state index is 0.428. The number of nitrogens with zero attached hydrogens (tertiary/aromatic N) is 1. The number of unbranched alkanes of at least 4 members (excludes halogenated alkanes) is 1. The second-order valence-corrected chi connectivity index (χ2v) is 9.44. The number of allylic oxidation sites excluding steroid dienone is 4. The van der Waals surface area contributed by atoms with Gasteiger partial charge < -0.3 is 4.74 Å². The zero-order chi connectivity index (χ0) is 21.9. The van der Waals surface area contributed by atoms with E-state index in [4.69, 9.17) is 10.00 Å². The number of halogens is 1. The molecule has 1 aromatic rings. The third kappa shape index (κ3) is 7.93. The Balaban J connectivity index is 1.32. The normalized spacial score (nSPS) is 27.3. The first-order valence-electron chi connectivity index (χ1n) is 12.3. The molecule has 2 aliphatic carbocycles. The van der Waals surface area contributed by atoms with Crippen molar-refractivity contribution in [2.24, 2.45) is 11.8 Å². The molecule has 2 saturated carbocycles. The second kappa shape index (κ2) is 12.8. The molecule has 0 amide bonds. The van der Waals surface area contributed by atoms with Gasteiger partial charge in [0.25, 0.3) is 0 Å². The van der Waals surface area contributed by atoms with Gasteiger partial charge in [0.05, 0.1) is 6.10 Å². The van der Waals surface area contributed by atoms with Crippen LogP contribution < -0.4 is 0 Å². The molecule has 0 radical (unpaired) electrons. The Morgan fingerprint density at radius 2 is 1.77 bits per heavy atom. The minimum Gasteiger partial charge on any atom is -0.378 e. The SMILES string of the molecule is CCCCc1ccc([C@H]2CC[C@H](OC[C@H]3CC[C@H](C=CC=C(F)C#N)CC3)CC2)cc1. The highest BCUT2D eigenvalue weighted by Crippen LogP contribution is 2.35. The molecule has 2 nitrogen and oxygen atoms in total. The zero-order valence-electron chi connectivity index (χ0n) is 19.1. The monoisotopic (exact) mass is 423 g/mol. The molecule has 0 aromatic heterocycles. The van der Waals surface area contributed by atoms with E-state index in [0.717, 1.165) is 19.4 Å². The van der Waals surface area contributed by atoms with Crippen molar-refractivity contribution in [1.82, 2.24) is 0 Å². The summed E-state index contributed by atoms with van der Waals surface area (Å²) in [7, 11) is 0. The van der Waals surface area contributed by atoms with Crippen LogP contribution in [0.15, 0.2) is 48.3 Å². The first kappa shape index (κ1) is 23.7. The Morgan fingerprint density at radius 3 is 2.42 bits per heavy atom. The van der Waals surface area contributed by atoms with E-state index in [1.54, 1.807) is 6.08 Å². The van der Waals surface area contributed by atoms with E-state index in [-0.39, 0.29) is 0 Å². The third-order valence-corrected chi connectivity index (χ3v) is 7.14. The Hall–Kier alpha value is -1.92. The summed E-state index contributed by atoms with van der Waals surface area (Å²) in [4.78, 5) is 0. The maximum Gasteiger partial charge on any atom is 0.199 e. The van der Waals surface area contributed by atoms with Gasteiger partial charge in [0, 0.05) is 6.61 Å². The van der Waals surface area contributed by atoms with Gasteiger partial charge in [-0.05, 0) is 99.2 Å². The first-order valence-corrected chi connectivity index (χ1v) is 12.3. The molecule has 0 bridgehead atoms. The molecule has 0 aliphatic heterocycles. The Kier molecular flexibility index (Phi) is 9.82. The molecular weight excluding hydrogens is 385 g/mol. The van der Waals surface area contributed by atoms with E-state index in [1.165, 1.54) is 81.1 Å². The lowest BCUT2D eigenvalue weighted by molar-refractivity contribution is -0.00337. The van der Waals surface area contributed by atoms with Gasteiger partial charge >= 0.3 is 0 Å². The molecule has 0 N–H and O–H groups in total. The fourth-order valence-electron chi connectivity index (χ4n) is 5.05. The smallest absolute Gasteiger partial charge is 0.199 e. The summed E-state index contributed by atoms with van der Waals surface area (Å²) < 4.78 is 19.2. The van der Waals surface area contributed by atoms with Crippen molar-refractivity contribution in [1.29, 1.82) is 5.26 Å². The molecule has 2 fully saturated rings. The summed E-state index contributed by atoms with van der Waals surface area (Å²) in [5.41, 5.74) is 2.98. The van der Waals surface area contributed by atoms with Gasteiger partial charge in [0.15, 0.2) is 5.83 Å². The van der Waals surface area contributed by atoms with E-state index in [0.29, 0.717) is 23.9 Å². The Labute approximate surface area is 188 Å². The van der Waals surface area contributed by atoms with Crippen LogP contribution in [0.2, 0.25) is 0 Å². The molecule has 31 heavy (non-hydrogen) atoms. The van der Waals surface area contributed by atoms with Crippen LogP contribution in [0, 0.1) is 23.2 Å². The number of benzene rings is 1. The lowest BCUT2D eigenvalue weighted by Crippen LogP contribution is -2.25. The summed E-state index contributed by atoms with van der Waals surface area (Å²) >= 11 is 0. The zero-order valence-corrected chi connectivity index (χ0v) is 19.1. The molecule has 0 heterocycles. The van der Waals surface area contributed by atoms with E-state index < -0.39 is 5.83 Å². The van der Waals surface area contributed by atoms with Gasteiger partial charge in [0.1, 0.15) is 6.07 Å². The topological polar surface area (TPSA) is 33.0 Å². The van der Waals surface area contributed by atoms with Crippen LogP contribution in [0.4, 0.5) is 4.39 Å². The quantitative estimate of drug-likeness (QED) is 0.300. The largest absolute Gasteiger partial charge is 0.378 e. The standard InChI is InChI=1S/C28H38FNO/c1-2-3-5-22-12-14-25(15-13-22)26-16-18-28(19-17-26)31-21-24-10-8-23(9-11-24)6-4-7-27(29)20-30/h4,6-7,12-15,23-24,26,28H,2-3,5,8-11,16-19,21H2,1H3/t23-,24-,26-,28-. The van der Waals surface area contributed by atoms with Gasteiger partial charge in [0.2, 0.25) is 0 Å². The molecule has 0 saturated heterocycles. The minimum atomic E-state index is -0.725. The van der Waals surface area contributed by atoms with Crippen molar-refractivity contribution in [3.8, 4) is 6.07 Å². The van der Waals surface area contributed by atoms with Gasteiger partial charge in [-0.15, -0.1) is 0 Å². The second-order valence-electron chi connectivity index (χ2n) is 9.44. The summed E-state index contributed by atoms with van der Waals surface area (Å²) in [5.74, 6) is 1.13. The van der Waals surface area contributed by atoms with Gasteiger partial charge in [-0.1, -0.05) is 49.8 Å². The number of ether oxygens (including phenoxy) is 1. The number of hydrogen-bond acceptors (Lipinski definition) is 2. The molecule has 1 aromatic carbocycles. The Bertz CT molecular complexity index is 744. The van der Waals surface area contributed by atoms with Crippen LogP contribution in [0.1, 0.15) is 88.2 Å². The highest BCUT2D eigenvalue weighted by Gasteiger charge is 2.25. The molecule has 0 unspecified atom stereocenters. The fraction of sp³-hybridized carbons (Fsp3) is 0.607. The Morgan fingerprint density at radius 1 is 1.06 bits per heavy atom. The van der Waals surface area contributed by atoms with Crippen molar-refractivity contribution in [2.45, 2.75) is 89.6 Å². The third-order valence-electron chi connectivity index (χ3n) is 7.14. The number of aryl methyl sites for hydroxylation is 1. The van der Waals surface area contributed by atoms with Gasteiger partial charge in [-0.3, -0.25) is 0 Å². The van der Waals surface area contributed by atoms with Gasteiger partial charge in [-0.25, -0.2) is 0 Å². The number of hydrogen-bond donors (Lipinski definition) is 0. The summed E-state index contributed by atoms with van der Waals surface area (Å²) in [5, 5.41) is 8.44. The lowest BCUT2D eigenvalue weighted by Gasteiger charge is -2.32. The van der Waals surface area contributed by atoms with Crippen molar-refractivity contribution >= 4 is 0 Å². The van der Waals surface area contributed by atoms with E-state index in [9.17, 15) is 4.39 Å². The average molecular weight is 424 g/mol. The maximum atomic E-state index is 12.8. The van der Waals surface area contributed by atoms with E-state index in [2.05, 4.69) is 31.2 Å². The summed E-state index contributed by atoms with van der Waals surface area (Å²) in [6.07, 6.45) is 18.6. The highest BCUT2D eigenvalue weighted by atomic mass is 19.1. The van der Waals surface area contributed by atoms with Crippen molar-refractivity contribution in [2.75, 3.05) is 6.61 Å². The maximum absolute atomic E-state index is 12.8. The van der Waals surface area contributed by atoms with Crippen LogP contribution in [-0.2, 0) is 11.2 Å². The molecule has 0 atom stereocenters. The van der Waals surface area contributed by atoms with E-state index in [1.807, 2.05) is 6.08 Å². The number of rotatable bonds is 9. The molecule has 3 rings (SSSR count). The predicted molar refractivity (Wildman–Crippen MR) is 125 cm³/mol. The van der Waals surface area contributed by atoms with Crippen LogP contribution in [0.3, 0.4) is 0 Å². The molecule has 3 heteroatoms. The van der Waals surface area contributed by atoms with E-state index >= 15 is 0 Å². The summed E-state index contributed by atoms with van der Waals surface area (Å²) in [6.45, 7) is 3.14. The van der Waals surface area contributed by atoms with Crippen LogP contribution in [-0.4, -0.2) is 12.7 Å². The van der Waals surface area contributed by atoms with Crippen molar-refractivity contribution < 1.29 is 9.13 Å². The van der Waals surface area contributed by atoms with Gasteiger partial charge in [-0.2, -0.15) is 9.65 Å². The molecule has 2 aliphatic rings. The van der Waals surface area contributed by atoms with Crippen LogP contribution in [0.5, 0.6) is 0 Å². The molecule has 168 valence electrons. The fourth-order valence-corrected chi connectivity index (χ4v) is 5.05. The van der Waals surface area contributed by atoms with Crippen LogP contribution in [0.25, 0.3) is 0 Å². The summed E-state index contributed by atoms with van der Waals surface area (Å²) in [6, 6.07) is 10.9. The average Bonchev–Trinajstić information content (AvgIpc) is 2.83. The molecule has 0 spiro atoms. The first-order chi connectivity index (χ1) is 15.2. The van der Waals surface area contributed by atoms with Crippen molar-refractivity contribution in [3.63, 3.8) is 0 Å². The number of nitriles is 1. The predicted octanol–water partition coefficient (Wildman–Crippen LogP) is 7.81. The highest BCUT2D eigenvalue weighted by molar-refractivity contribution is 5.26. The van der Waals surface area contributed by atoms with Crippen LogP contribution >= 0.6 is 0 Å². The lowest BCUT2D eigenvalue weighted by atomic mass is 9.81. The molecular formula is C28H38FNO. The van der Waals surface area contributed by atoms with Crippen molar-refractivity contribution in [3.05, 3.63) is 59.4 Å².